The molecular weight excluding hydrogens is 570 g/mol. The molecule has 1 saturated heterocycles. The average molecular weight is 596 g/mol. The lowest BCUT2D eigenvalue weighted by atomic mass is 9.98. The van der Waals surface area contributed by atoms with Gasteiger partial charge >= 0.3 is 12.2 Å². The van der Waals surface area contributed by atoms with Gasteiger partial charge in [0.25, 0.3) is 0 Å². The Kier molecular flexibility index (Phi) is 7.41. The largest absolute Gasteiger partial charge is 0.416 e. The highest BCUT2D eigenvalue weighted by molar-refractivity contribution is 6.01. The Labute approximate surface area is 241 Å². The second-order valence-electron chi connectivity index (χ2n) is 9.78. The molecule has 0 atom stereocenters. The number of hydrogen-bond donors (Lipinski definition) is 4. The lowest BCUT2D eigenvalue weighted by molar-refractivity contribution is -0.137. The monoisotopic (exact) mass is 595 g/mol. The molecule has 0 saturated carbocycles. The SMILES string of the molecule is Nc1ncnn2c(CN3CCOCC3)c(-c3ccc[nH]3)c(-c3ccc(NC(=O)Nc4cc(C(F)(F)F)ccn4)c(F)c3)c12. The van der Waals surface area contributed by atoms with Crippen LogP contribution in [-0.4, -0.2) is 61.8 Å². The maximum Gasteiger partial charge on any atom is 0.416 e. The maximum absolute atomic E-state index is 15.5. The summed E-state index contributed by atoms with van der Waals surface area (Å²) in [6.07, 6.45) is -0.559. The second-order valence-corrected chi connectivity index (χ2v) is 9.78. The van der Waals surface area contributed by atoms with Gasteiger partial charge in [0.1, 0.15) is 23.5 Å². The van der Waals surface area contributed by atoms with Crippen LogP contribution in [-0.2, 0) is 17.5 Å². The summed E-state index contributed by atoms with van der Waals surface area (Å²) in [6.45, 7) is 3.16. The van der Waals surface area contributed by atoms with Crippen LogP contribution in [0.25, 0.3) is 27.9 Å². The molecule has 15 heteroatoms. The van der Waals surface area contributed by atoms with Gasteiger partial charge in [-0.05, 0) is 42.0 Å². The van der Waals surface area contributed by atoms with E-state index in [4.69, 9.17) is 10.5 Å². The van der Waals surface area contributed by atoms with E-state index in [0.717, 1.165) is 42.3 Å². The number of H-pyrrole nitrogens is 1. The van der Waals surface area contributed by atoms with E-state index in [1.165, 1.54) is 18.5 Å². The van der Waals surface area contributed by atoms with E-state index in [9.17, 15) is 18.0 Å². The fourth-order valence-electron chi connectivity index (χ4n) is 5.07. The fourth-order valence-corrected chi connectivity index (χ4v) is 5.07. The molecule has 0 bridgehead atoms. The number of aromatic amines is 1. The quantitative estimate of drug-likeness (QED) is 0.203. The highest BCUT2D eigenvalue weighted by Crippen LogP contribution is 2.42. The van der Waals surface area contributed by atoms with Crippen molar-refractivity contribution in [3.63, 3.8) is 0 Å². The van der Waals surface area contributed by atoms with E-state index in [1.54, 1.807) is 16.8 Å². The van der Waals surface area contributed by atoms with Crippen molar-refractivity contribution in [2.45, 2.75) is 12.7 Å². The molecule has 1 aromatic carbocycles. The van der Waals surface area contributed by atoms with Crippen LogP contribution in [0.5, 0.6) is 0 Å². The molecule has 11 nitrogen and oxygen atoms in total. The first-order chi connectivity index (χ1) is 20.7. The number of carbonyl (C=O) groups is 1. The number of benzene rings is 1. The van der Waals surface area contributed by atoms with Crippen LogP contribution >= 0.6 is 0 Å². The number of nitrogen functional groups attached to an aromatic ring is 1. The minimum Gasteiger partial charge on any atom is -0.382 e. The average Bonchev–Trinajstić information content (AvgIpc) is 3.62. The Morgan fingerprint density at radius 3 is 2.60 bits per heavy atom. The summed E-state index contributed by atoms with van der Waals surface area (Å²) in [7, 11) is 0. The van der Waals surface area contributed by atoms with Gasteiger partial charge in [0.05, 0.1) is 30.2 Å². The van der Waals surface area contributed by atoms with Gasteiger partial charge < -0.3 is 20.8 Å². The summed E-state index contributed by atoms with van der Waals surface area (Å²) in [4.78, 5) is 25.9. The Morgan fingerprint density at radius 2 is 1.88 bits per heavy atom. The minimum absolute atomic E-state index is 0.196. The van der Waals surface area contributed by atoms with Crippen molar-refractivity contribution in [1.82, 2.24) is 29.5 Å². The molecule has 6 rings (SSSR count). The third-order valence-corrected chi connectivity index (χ3v) is 7.03. The molecule has 43 heavy (non-hydrogen) atoms. The summed E-state index contributed by atoms with van der Waals surface area (Å²) < 4.78 is 61.7. The molecule has 0 aliphatic carbocycles. The van der Waals surface area contributed by atoms with E-state index in [-0.39, 0.29) is 17.3 Å². The third kappa shape index (κ3) is 5.72. The molecule has 1 fully saturated rings. The Balaban J connectivity index is 1.36. The summed E-state index contributed by atoms with van der Waals surface area (Å²) in [6, 6.07) is 8.43. The van der Waals surface area contributed by atoms with Gasteiger partial charge in [-0.15, -0.1) is 0 Å². The number of aromatic nitrogens is 5. The number of nitrogens with zero attached hydrogens (tertiary/aromatic N) is 5. The number of ether oxygens (including phenoxy) is 1. The number of morpholine rings is 1. The lowest BCUT2D eigenvalue weighted by Gasteiger charge is -2.26. The number of halogens is 4. The maximum atomic E-state index is 15.5. The Bertz CT molecular complexity index is 1780. The van der Waals surface area contributed by atoms with E-state index in [0.29, 0.717) is 42.5 Å². The molecule has 5 aromatic rings. The van der Waals surface area contributed by atoms with E-state index < -0.39 is 23.6 Å². The molecule has 1 aliphatic rings. The predicted octanol–water partition coefficient (Wildman–Crippen LogP) is 5.00. The molecule has 0 spiro atoms. The zero-order chi connectivity index (χ0) is 30.1. The third-order valence-electron chi connectivity index (χ3n) is 7.03. The van der Waals surface area contributed by atoms with Crippen LogP contribution < -0.4 is 16.4 Å². The standard InChI is InChI=1S/C28H25F4N9O2/c29-18-12-16(3-4-19(18)38-27(42)39-22-13-17(5-7-35-22)28(30,31)32)23-24(20-2-1-6-34-20)21(14-40-8-10-43-11-9-40)41-25(23)26(33)36-15-37-41/h1-7,12-13,15,34H,8-11,14H2,(H2,33,36,37)(H2,35,38,39,42). The fraction of sp³-hybridized carbons (Fsp3) is 0.214. The summed E-state index contributed by atoms with van der Waals surface area (Å²) in [5.41, 5.74) is 9.04. The summed E-state index contributed by atoms with van der Waals surface area (Å²) in [5.74, 6) is -0.934. The van der Waals surface area contributed by atoms with Crippen molar-refractivity contribution in [3.05, 3.63) is 78.3 Å². The zero-order valence-electron chi connectivity index (χ0n) is 22.5. The lowest BCUT2D eigenvalue weighted by Crippen LogP contribution is -2.36. The highest BCUT2D eigenvalue weighted by Gasteiger charge is 2.31. The number of rotatable bonds is 6. The number of urea groups is 1. The number of carbonyl (C=O) groups excluding carboxylic acids is 1. The first-order valence-electron chi connectivity index (χ1n) is 13.2. The van der Waals surface area contributed by atoms with Crippen LogP contribution in [0.4, 0.5) is 39.7 Å². The number of hydrogen-bond acceptors (Lipinski definition) is 7. The second kappa shape index (κ2) is 11.3. The van der Waals surface area contributed by atoms with Crippen LogP contribution in [0.3, 0.4) is 0 Å². The summed E-state index contributed by atoms with van der Waals surface area (Å²) >= 11 is 0. The smallest absolute Gasteiger partial charge is 0.382 e. The number of anilines is 3. The van der Waals surface area contributed by atoms with E-state index in [2.05, 4.69) is 35.6 Å². The highest BCUT2D eigenvalue weighted by atomic mass is 19.4. The Hall–Kier alpha value is -5.02. The molecule has 5 N–H and O–H groups in total. The van der Waals surface area contributed by atoms with Crippen molar-refractivity contribution in [1.29, 1.82) is 0 Å². The van der Waals surface area contributed by atoms with Crippen LogP contribution in [0, 0.1) is 5.82 Å². The van der Waals surface area contributed by atoms with Gasteiger partial charge in [-0.25, -0.2) is 23.7 Å². The van der Waals surface area contributed by atoms with Gasteiger partial charge in [0.2, 0.25) is 0 Å². The number of alkyl halides is 3. The van der Waals surface area contributed by atoms with E-state index >= 15 is 4.39 Å². The van der Waals surface area contributed by atoms with Crippen molar-refractivity contribution >= 4 is 28.9 Å². The zero-order valence-corrected chi connectivity index (χ0v) is 22.5. The first kappa shape index (κ1) is 28.1. The first-order valence-corrected chi connectivity index (χ1v) is 13.2. The van der Waals surface area contributed by atoms with Gasteiger partial charge in [0.15, 0.2) is 5.82 Å². The van der Waals surface area contributed by atoms with E-state index in [1.807, 2.05) is 12.1 Å². The molecule has 5 heterocycles. The molecule has 2 amide bonds. The van der Waals surface area contributed by atoms with Crippen LogP contribution in [0.1, 0.15) is 11.3 Å². The van der Waals surface area contributed by atoms with Crippen molar-refractivity contribution in [2.75, 3.05) is 42.7 Å². The molecule has 4 aromatic heterocycles. The number of fused-ring (bicyclic) bond motifs is 1. The van der Waals surface area contributed by atoms with Gasteiger partial charge in [-0.3, -0.25) is 10.2 Å². The minimum atomic E-state index is -4.61. The van der Waals surface area contributed by atoms with Crippen LogP contribution in [0.15, 0.2) is 61.2 Å². The molecule has 1 aliphatic heterocycles. The number of nitrogens with one attached hydrogen (secondary N) is 3. The summed E-state index contributed by atoms with van der Waals surface area (Å²) in [5, 5.41) is 9.00. The van der Waals surface area contributed by atoms with Crippen molar-refractivity contribution in [2.24, 2.45) is 0 Å². The van der Waals surface area contributed by atoms with Gasteiger partial charge in [-0.2, -0.15) is 18.3 Å². The molecular formula is C28H25F4N9O2. The Morgan fingerprint density at radius 1 is 1.07 bits per heavy atom. The molecule has 0 radical (unpaired) electrons. The number of nitrogens with two attached hydrogens (primary N) is 1. The normalized spacial score (nSPS) is 14.2. The molecule has 222 valence electrons. The molecule has 0 unspecified atom stereocenters. The van der Waals surface area contributed by atoms with Crippen molar-refractivity contribution in [3.8, 4) is 22.4 Å². The number of pyridine rings is 1. The van der Waals surface area contributed by atoms with Crippen molar-refractivity contribution < 1.29 is 27.1 Å². The van der Waals surface area contributed by atoms with Gasteiger partial charge in [-0.1, -0.05) is 6.07 Å². The topological polar surface area (TPSA) is 138 Å². The predicted molar refractivity (Wildman–Crippen MR) is 151 cm³/mol. The number of amides is 2. The van der Waals surface area contributed by atoms with Gasteiger partial charge in [0, 0.05) is 48.8 Å². The van der Waals surface area contributed by atoms with Crippen LogP contribution in [0.2, 0.25) is 0 Å².